The number of amides is 1. The van der Waals surface area contributed by atoms with Gasteiger partial charge in [0.25, 0.3) is 5.56 Å². The molecule has 0 unspecified atom stereocenters. The summed E-state index contributed by atoms with van der Waals surface area (Å²) in [5, 5.41) is 1.83. The molecule has 1 saturated heterocycles. The number of morpholine rings is 1. The topological polar surface area (TPSA) is 64.4 Å². The fourth-order valence-corrected chi connectivity index (χ4v) is 3.41. The molecule has 1 aliphatic heterocycles. The molecule has 2 aromatic rings. The molecule has 3 rings (SSSR count). The maximum atomic E-state index is 12.4. The van der Waals surface area contributed by atoms with Gasteiger partial charge in [0.1, 0.15) is 11.2 Å². The van der Waals surface area contributed by atoms with Gasteiger partial charge in [-0.25, -0.2) is 4.98 Å². The highest BCUT2D eigenvalue weighted by atomic mass is 32.1. The molecule has 1 fully saturated rings. The minimum Gasteiger partial charge on any atom is -0.372 e. The van der Waals surface area contributed by atoms with Crippen LogP contribution in [0, 0.1) is 0 Å². The molecule has 0 N–H and O–H groups in total. The lowest BCUT2D eigenvalue weighted by atomic mass is 10.2. The van der Waals surface area contributed by atoms with Crippen LogP contribution in [0.4, 0.5) is 0 Å². The van der Waals surface area contributed by atoms with Crippen molar-refractivity contribution in [2.75, 3.05) is 13.1 Å². The van der Waals surface area contributed by atoms with E-state index in [1.165, 1.54) is 22.2 Å². The Hall–Kier alpha value is -1.73. The van der Waals surface area contributed by atoms with Crippen LogP contribution in [0.5, 0.6) is 0 Å². The Balaban J connectivity index is 1.80. The predicted octanol–water partition coefficient (Wildman–Crippen LogP) is 1.09. The third kappa shape index (κ3) is 2.84. The second-order valence-electron chi connectivity index (χ2n) is 5.37. The third-order valence-electron chi connectivity index (χ3n) is 3.51. The second kappa shape index (κ2) is 5.57. The number of rotatable bonds is 2. The molecule has 0 saturated carbocycles. The van der Waals surface area contributed by atoms with E-state index in [-0.39, 0.29) is 30.2 Å². The van der Waals surface area contributed by atoms with E-state index in [4.69, 9.17) is 4.74 Å². The van der Waals surface area contributed by atoms with Crippen LogP contribution in [-0.4, -0.2) is 45.7 Å². The van der Waals surface area contributed by atoms with Crippen molar-refractivity contribution >= 4 is 27.5 Å². The molecule has 1 amide bonds. The average molecular weight is 307 g/mol. The lowest BCUT2D eigenvalue weighted by Crippen LogP contribution is -2.49. The summed E-state index contributed by atoms with van der Waals surface area (Å²) in [5.41, 5.74) is 0.528. The zero-order valence-corrected chi connectivity index (χ0v) is 12.8. The van der Waals surface area contributed by atoms with Gasteiger partial charge in [-0.15, -0.1) is 11.3 Å². The van der Waals surface area contributed by atoms with Gasteiger partial charge in [-0.3, -0.25) is 14.2 Å². The normalized spacial score (nSPS) is 22.7. The van der Waals surface area contributed by atoms with Crippen molar-refractivity contribution < 1.29 is 9.53 Å². The Morgan fingerprint density at radius 3 is 2.86 bits per heavy atom. The maximum Gasteiger partial charge on any atom is 0.271 e. The fraction of sp³-hybridized carbons (Fsp3) is 0.500. The Labute approximate surface area is 126 Å². The van der Waals surface area contributed by atoms with E-state index < -0.39 is 0 Å². The van der Waals surface area contributed by atoms with Crippen molar-refractivity contribution in [1.29, 1.82) is 0 Å². The molecular weight excluding hydrogens is 290 g/mol. The molecule has 2 aromatic heterocycles. The average Bonchev–Trinajstić information content (AvgIpc) is 2.90. The fourth-order valence-electron chi connectivity index (χ4n) is 2.62. The van der Waals surface area contributed by atoms with E-state index >= 15 is 0 Å². The molecule has 0 spiro atoms. The van der Waals surface area contributed by atoms with Gasteiger partial charge in [0.15, 0.2) is 0 Å². The summed E-state index contributed by atoms with van der Waals surface area (Å²) >= 11 is 1.35. The molecular formula is C14H17N3O3S. The highest BCUT2D eigenvalue weighted by Crippen LogP contribution is 2.14. The van der Waals surface area contributed by atoms with Crippen molar-refractivity contribution in [3.63, 3.8) is 0 Å². The smallest absolute Gasteiger partial charge is 0.271 e. The monoisotopic (exact) mass is 307 g/mol. The second-order valence-corrected chi connectivity index (χ2v) is 6.28. The van der Waals surface area contributed by atoms with Crippen molar-refractivity contribution in [2.24, 2.45) is 0 Å². The Kier molecular flexibility index (Phi) is 3.77. The van der Waals surface area contributed by atoms with Gasteiger partial charge in [-0.1, -0.05) is 0 Å². The first-order valence-corrected chi connectivity index (χ1v) is 7.78. The van der Waals surface area contributed by atoms with Gasteiger partial charge < -0.3 is 9.64 Å². The van der Waals surface area contributed by atoms with Crippen LogP contribution < -0.4 is 5.56 Å². The van der Waals surface area contributed by atoms with Gasteiger partial charge in [0.05, 0.1) is 24.1 Å². The summed E-state index contributed by atoms with van der Waals surface area (Å²) in [4.78, 5) is 30.6. The van der Waals surface area contributed by atoms with Crippen LogP contribution in [0.1, 0.15) is 13.8 Å². The molecule has 7 heteroatoms. The molecule has 21 heavy (non-hydrogen) atoms. The van der Waals surface area contributed by atoms with Crippen molar-refractivity contribution in [3.05, 3.63) is 28.1 Å². The highest BCUT2D eigenvalue weighted by Gasteiger charge is 2.26. The highest BCUT2D eigenvalue weighted by molar-refractivity contribution is 7.17. The number of carbonyl (C=O) groups excluding carboxylic acids is 1. The molecule has 2 atom stereocenters. The Morgan fingerprint density at radius 2 is 2.14 bits per heavy atom. The number of ether oxygens (including phenoxy) is 1. The molecule has 3 heterocycles. The largest absolute Gasteiger partial charge is 0.372 e. The van der Waals surface area contributed by atoms with Gasteiger partial charge in [-0.2, -0.15) is 0 Å². The zero-order valence-electron chi connectivity index (χ0n) is 12.0. The van der Waals surface area contributed by atoms with E-state index in [0.717, 1.165) is 0 Å². The Bertz CT molecular complexity index is 714. The number of nitrogens with zero attached hydrogens (tertiary/aromatic N) is 3. The molecule has 6 nitrogen and oxygen atoms in total. The Morgan fingerprint density at radius 1 is 1.43 bits per heavy atom. The molecule has 0 aromatic carbocycles. The summed E-state index contributed by atoms with van der Waals surface area (Å²) < 4.78 is 7.59. The van der Waals surface area contributed by atoms with E-state index in [0.29, 0.717) is 23.3 Å². The van der Waals surface area contributed by atoms with Crippen LogP contribution in [0.3, 0.4) is 0 Å². The number of aromatic nitrogens is 2. The molecule has 0 radical (unpaired) electrons. The van der Waals surface area contributed by atoms with E-state index in [1.807, 2.05) is 19.2 Å². The minimum atomic E-state index is -0.155. The molecule has 112 valence electrons. The molecule has 0 aliphatic carbocycles. The standard InChI is InChI=1S/C14H17N3O3S/c1-9-5-16(6-10(2)20-9)12(18)7-17-8-15-11-3-4-21-13(11)14(17)19/h3-4,8-10H,5-7H2,1-2H3/t9-,10-/m0/s1. The first-order chi connectivity index (χ1) is 10.0. The number of thiophene rings is 1. The minimum absolute atomic E-state index is 0.0207. The summed E-state index contributed by atoms with van der Waals surface area (Å²) in [6, 6.07) is 1.80. The van der Waals surface area contributed by atoms with E-state index in [1.54, 1.807) is 11.0 Å². The van der Waals surface area contributed by atoms with Crippen molar-refractivity contribution in [3.8, 4) is 0 Å². The van der Waals surface area contributed by atoms with Gasteiger partial charge >= 0.3 is 0 Å². The van der Waals surface area contributed by atoms with Crippen LogP contribution in [0.2, 0.25) is 0 Å². The number of fused-ring (bicyclic) bond motifs is 1. The first kappa shape index (κ1) is 14.2. The lowest BCUT2D eigenvalue weighted by molar-refractivity contribution is -0.143. The molecule has 0 bridgehead atoms. The number of hydrogen-bond acceptors (Lipinski definition) is 5. The zero-order chi connectivity index (χ0) is 15.0. The number of hydrogen-bond donors (Lipinski definition) is 0. The SMILES string of the molecule is C[C@H]1CN(C(=O)Cn2cnc3ccsc3c2=O)C[C@H](C)O1. The number of carbonyl (C=O) groups is 1. The van der Waals surface area contributed by atoms with Crippen LogP contribution in [0.15, 0.2) is 22.6 Å². The summed E-state index contributed by atoms with van der Waals surface area (Å²) in [7, 11) is 0. The predicted molar refractivity (Wildman–Crippen MR) is 80.5 cm³/mol. The van der Waals surface area contributed by atoms with E-state index in [9.17, 15) is 9.59 Å². The summed E-state index contributed by atoms with van der Waals surface area (Å²) in [6.45, 7) is 5.04. The van der Waals surface area contributed by atoms with Gasteiger partial charge in [0, 0.05) is 13.1 Å². The first-order valence-electron chi connectivity index (χ1n) is 6.90. The van der Waals surface area contributed by atoms with Crippen molar-refractivity contribution in [1.82, 2.24) is 14.5 Å². The van der Waals surface area contributed by atoms with Crippen LogP contribution in [0.25, 0.3) is 10.2 Å². The molecule has 1 aliphatic rings. The summed E-state index contributed by atoms with van der Waals surface area (Å²) in [6.07, 6.45) is 1.49. The van der Waals surface area contributed by atoms with Gasteiger partial charge in [0.2, 0.25) is 5.91 Å². The quantitative estimate of drug-likeness (QED) is 0.833. The van der Waals surface area contributed by atoms with E-state index in [2.05, 4.69) is 4.98 Å². The van der Waals surface area contributed by atoms with Crippen LogP contribution in [-0.2, 0) is 16.1 Å². The van der Waals surface area contributed by atoms with Crippen LogP contribution >= 0.6 is 11.3 Å². The maximum absolute atomic E-state index is 12.4. The third-order valence-corrected chi connectivity index (χ3v) is 4.41. The lowest BCUT2D eigenvalue weighted by Gasteiger charge is -2.35. The van der Waals surface area contributed by atoms with Gasteiger partial charge in [-0.05, 0) is 25.3 Å². The van der Waals surface area contributed by atoms with Crippen molar-refractivity contribution in [2.45, 2.75) is 32.6 Å². The summed E-state index contributed by atoms with van der Waals surface area (Å²) in [5.74, 6) is -0.0724.